The van der Waals surface area contributed by atoms with Crippen LogP contribution in [0, 0.1) is 0 Å². The molecular formula is C23H27Cl2NO5S. The second-order valence-electron chi connectivity index (χ2n) is 8.09. The third kappa shape index (κ3) is 7.05. The molecule has 0 saturated heterocycles. The third-order valence-corrected chi connectivity index (χ3v) is 6.44. The Morgan fingerprint density at radius 2 is 1.59 bits per heavy atom. The van der Waals surface area contributed by atoms with Gasteiger partial charge in [0, 0.05) is 34.2 Å². The minimum absolute atomic E-state index is 0.0317. The van der Waals surface area contributed by atoms with Gasteiger partial charge in [-0.1, -0.05) is 35.3 Å². The monoisotopic (exact) mass is 499 g/mol. The number of carbonyl (C=O) groups is 1. The highest BCUT2D eigenvalue weighted by molar-refractivity contribution is 7.89. The molecular weight excluding hydrogens is 473 g/mol. The molecule has 9 heteroatoms. The molecule has 0 fully saturated rings. The summed E-state index contributed by atoms with van der Waals surface area (Å²) in [6, 6.07) is 11.0. The fourth-order valence-corrected chi connectivity index (χ4v) is 5.08. The Kier molecular flexibility index (Phi) is 8.90. The zero-order valence-electron chi connectivity index (χ0n) is 18.4. The van der Waals surface area contributed by atoms with Crippen molar-refractivity contribution in [3.8, 4) is 0 Å². The predicted octanol–water partition coefficient (Wildman–Crippen LogP) is 4.82. The smallest absolute Gasteiger partial charge is 0.334 e. The summed E-state index contributed by atoms with van der Waals surface area (Å²) in [4.78, 5) is 12.8. The van der Waals surface area contributed by atoms with Crippen LogP contribution in [0.5, 0.6) is 0 Å². The van der Waals surface area contributed by atoms with Crippen LogP contribution in [0.4, 0.5) is 0 Å². The molecule has 2 aromatic rings. The lowest BCUT2D eigenvalue weighted by Crippen LogP contribution is -2.40. The second-order valence-corrected chi connectivity index (χ2v) is 10.6. The number of hydrogen-bond donors (Lipinski definition) is 2. The van der Waals surface area contributed by atoms with E-state index < -0.39 is 21.5 Å². The van der Waals surface area contributed by atoms with Gasteiger partial charge < -0.3 is 9.84 Å². The van der Waals surface area contributed by atoms with E-state index >= 15 is 0 Å². The van der Waals surface area contributed by atoms with Crippen LogP contribution in [0.3, 0.4) is 0 Å². The van der Waals surface area contributed by atoms with Crippen LogP contribution in [-0.4, -0.2) is 38.2 Å². The molecule has 0 amide bonds. The Morgan fingerprint density at radius 3 is 2.06 bits per heavy atom. The maximum absolute atomic E-state index is 12.7. The third-order valence-electron chi connectivity index (χ3n) is 4.23. The largest absolute Gasteiger partial charge is 0.463 e. The van der Waals surface area contributed by atoms with Crippen LogP contribution >= 0.6 is 23.2 Å². The fraction of sp³-hybridized carbons (Fsp3) is 0.348. The molecule has 174 valence electrons. The van der Waals surface area contributed by atoms with Crippen molar-refractivity contribution in [3.63, 3.8) is 0 Å². The van der Waals surface area contributed by atoms with E-state index in [0.717, 1.165) is 0 Å². The van der Waals surface area contributed by atoms with Gasteiger partial charge in [-0.15, -0.1) is 0 Å². The average Bonchev–Trinajstić information content (AvgIpc) is 2.65. The first-order valence-corrected chi connectivity index (χ1v) is 12.2. The van der Waals surface area contributed by atoms with Crippen LogP contribution in [0.15, 0.2) is 52.9 Å². The maximum Gasteiger partial charge on any atom is 0.334 e. The van der Waals surface area contributed by atoms with Gasteiger partial charge in [0.05, 0.1) is 11.5 Å². The number of rotatable bonds is 8. The van der Waals surface area contributed by atoms with Crippen molar-refractivity contribution in [2.75, 3.05) is 13.2 Å². The molecule has 2 aromatic carbocycles. The highest BCUT2D eigenvalue weighted by atomic mass is 35.5. The summed E-state index contributed by atoms with van der Waals surface area (Å²) in [5.41, 5.74) is 1.14. The molecule has 0 unspecified atom stereocenters. The van der Waals surface area contributed by atoms with Gasteiger partial charge in [0.25, 0.3) is 0 Å². The summed E-state index contributed by atoms with van der Waals surface area (Å²) in [6.45, 7) is 6.82. The highest BCUT2D eigenvalue weighted by Crippen LogP contribution is 2.33. The zero-order chi connectivity index (χ0) is 24.1. The molecule has 0 atom stereocenters. The summed E-state index contributed by atoms with van der Waals surface area (Å²) >= 11 is 12.4. The average molecular weight is 500 g/mol. The number of carbonyl (C=O) groups excluding carboxylic acids is 1. The van der Waals surface area contributed by atoms with E-state index in [1.807, 2.05) is 0 Å². The van der Waals surface area contributed by atoms with E-state index in [2.05, 4.69) is 4.72 Å². The maximum atomic E-state index is 12.7. The molecule has 32 heavy (non-hydrogen) atoms. The number of hydrogen-bond acceptors (Lipinski definition) is 5. The first-order chi connectivity index (χ1) is 14.9. The molecule has 2 N–H and O–H groups in total. The molecule has 0 radical (unpaired) electrons. The highest BCUT2D eigenvalue weighted by Gasteiger charge is 2.24. The van der Waals surface area contributed by atoms with E-state index in [1.165, 1.54) is 12.1 Å². The number of esters is 1. The van der Waals surface area contributed by atoms with Gasteiger partial charge in [0.15, 0.2) is 0 Å². The Bertz CT molecular complexity index is 1080. The van der Waals surface area contributed by atoms with Gasteiger partial charge in [0.2, 0.25) is 10.0 Å². The van der Waals surface area contributed by atoms with Crippen molar-refractivity contribution in [2.45, 2.75) is 44.6 Å². The summed E-state index contributed by atoms with van der Waals surface area (Å²) in [5.74, 6) is -0.584. The number of aliphatic hydroxyl groups excluding tert-OH is 1. The van der Waals surface area contributed by atoms with Crippen molar-refractivity contribution in [3.05, 3.63) is 69.2 Å². The Balaban J connectivity index is 2.70. The van der Waals surface area contributed by atoms with E-state index in [0.29, 0.717) is 26.7 Å². The van der Waals surface area contributed by atoms with Gasteiger partial charge in [-0.05, 0) is 74.7 Å². The van der Waals surface area contributed by atoms with E-state index in [9.17, 15) is 18.3 Å². The molecule has 0 saturated carbocycles. The summed E-state index contributed by atoms with van der Waals surface area (Å²) in [5, 5.41) is 10.3. The standard InChI is InChI=1S/C23H27Cl2NO5S/c1-5-31-22(28)20(10-11-27)21(16-12-17(24)14-18(25)13-16)15-6-8-19(9-7-15)32(29,30)26-23(2,3)4/h6-9,12-14,26-27H,5,10-11H2,1-4H3. The minimum Gasteiger partial charge on any atom is -0.463 e. The van der Waals surface area contributed by atoms with Crippen molar-refractivity contribution >= 4 is 44.8 Å². The Morgan fingerprint density at radius 1 is 1.03 bits per heavy atom. The van der Waals surface area contributed by atoms with Crippen LogP contribution < -0.4 is 4.72 Å². The molecule has 0 aliphatic rings. The van der Waals surface area contributed by atoms with E-state index in [4.69, 9.17) is 27.9 Å². The lowest BCUT2D eigenvalue weighted by molar-refractivity contribution is -0.138. The van der Waals surface area contributed by atoms with E-state index in [-0.39, 0.29) is 30.1 Å². The number of ether oxygens (including phenoxy) is 1. The first-order valence-electron chi connectivity index (χ1n) is 10.00. The number of halogens is 2. The molecule has 0 aromatic heterocycles. The van der Waals surface area contributed by atoms with Gasteiger partial charge in [-0.2, -0.15) is 0 Å². The van der Waals surface area contributed by atoms with Crippen LogP contribution in [0.2, 0.25) is 10.0 Å². The van der Waals surface area contributed by atoms with Crippen molar-refractivity contribution < 1.29 is 23.1 Å². The number of sulfonamides is 1. The number of aliphatic hydroxyl groups is 1. The summed E-state index contributed by atoms with van der Waals surface area (Å²) in [6.07, 6.45) is 0.0317. The minimum atomic E-state index is -3.73. The molecule has 0 aliphatic carbocycles. The fourth-order valence-electron chi connectivity index (χ4n) is 3.14. The number of nitrogens with one attached hydrogen (secondary N) is 1. The van der Waals surface area contributed by atoms with E-state index in [1.54, 1.807) is 58.0 Å². The number of benzene rings is 2. The lowest BCUT2D eigenvalue weighted by atomic mass is 9.91. The summed E-state index contributed by atoms with van der Waals surface area (Å²) in [7, 11) is -3.73. The first kappa shape index (κ1) is 26.4. The molecule has 0 aliphatic heterocycles. The SMILES string of the molecule is CCOC(=O)C(CCO)=C(c1ccc(S(=O)(=O)NC(C)(C)C)cc1)c1cc(Cl)cc(Cl)c1. The van der Waals surface area contributed by atoms with Crippen molar-refractivity contribution in [1.82, 2.24) is 4.72 Å². The van der Waals surface area contributed by atoms with Gasteiger partial charge in [0.1, 0.15) is 0 Å². The zero-order valence-corrected chi connectivity index (χ0v) is 20.7. The quantitative estimate of drug-likeness (QED) is 0.401. The van der Waals surface area contributed by atoms with Crippen LogP contribution in [0.25, 0.3) is 5.57 Å². The normalized spacial score (nSPS) is 13.0. The molecule has 6 nitrogen and oxygen atoms in total. The van der Waals surface area contributed by atoms with Crippen molar-refractivity contribution in [1.29, 1.82) is 0 Å². The van der Waals surface area contributed by atoms with Gasteiger partial charge in [-0.3, -0.25) is 0 Å². The molecule has 0 bridgehead atoms. The predicted molar refractivity (Wildman–Crippen MR) is 127 cm³/mol. The van der Waals surface area contributed by atoms with Crippen LogP contribution in [-0.2, 0) is 19.6 Å². The Hall–Kier alpha value is -1.90. The summed E-state index contributed by atoms with van der Waals surface area (Å²) < 4.78 is 33.1. The van der Waals surface area contributed by atoms with Crippen molar-refractivity contribution in [2.24, 2.45) is 0 Å². The molecule has 0 spiro atoms. The lowest BCUT2D eigenvalue weighted by Gasteiger charge is -2.21. The van der Waals surface area contributed by atoms with Gasteiger partial charge >= 0.3 is 5.97 Å². The second kappa shape index (κ2) is 10.8. The topological polar surface area (TPSA) is 92.7 Å². The molecule has 0 heterocycles. The van der Waals surface area contributed by atoms with Crippen LogP contribution in [0.1, 0.15) is 45.2 Å². The Labute approximate surface area is 199 Å². The molecule has 2 rings (SSSR count). The van der Waals surface area contributed by atoms with Gasteiger partial charge in [-0.25, -0.2) is 17.9 Å².